The highest BCUT2D eigenvalue weighted by molar-refractivity contribution is 6.01. The second kappa shape index (κ2) is 3.67. The number of Topliss-reactive ketones (excluding diaryl/α,β-unsaturated/α-hetero) is 1. The topological polar surface area (TPSA) is 20.3 Å². The molecular formula is C16H19NO. The van der Waals surface area contributed by atoms with Gasteiger partial charge in [0.2, 0.25) is 0 Å². The lowest BCUT2D eigenvalue weighted by molar-refractivity contribution is 0.0467. The number of piperidine rings is 1. The van der Waals surface area contributed by atoms with Gasteiger partial charge in [-0.15, -0.1) is 0 Å². The maximum Gasteiger partial charge on any atom is 0.168 e. The molecule has 0 amide bonds. The van der Waals surface area contributed by atoms with Crippen LogP contribution >= 0.6 is 0 Å². The molecule has 0 unspecified atom stereocenters. The first-order valence-corrected chi connectivity index (χ1v) is 7.10. The first kappa shape index (κ1) is 10.7. The molecule has 0 spiro atoms. The molecule has 3 aliphatic rings. The Morgan fingerprint density at radius 3 is 2.94 bits per heavy atom. The largest absolute Gasteiger partial charge is 0.300 e. The maximum atomic E-state index is 12.8. The smallest absolute Gasteiger partial charge is 0.168 e. The van der Waals surface area contributed by atoms with Crippen LogP contribution in [0.1, 0.15) is 35.2 Å². The average molecular weight is 241 g/mol. The summed E-state index contributed by atoms with van der Waals surface area (Å²) in [5.41, 5.74) is 2.28. The van der Waals surface area contributed by atoms with Gasteiger partial charge in [-0.05, 0) is 44.2 Å². The average Bonchev–Trinajstić information content (AvgIpc) is 2.62. The predicted molar refractivity (Wildman–Crippen MR) is 70.6 cm³/mol. The van der Waals surface area contributed by atoms with Gasteiger partial charge >= 0.3 is 0 Å². The van der Waals surface area contributed by atoms with E-state index in [0.717, 1.165) is 18.0 Å². The molecule has 1 aromatic rings. The van der Waals surface area contributed by atoms with E-state index in [1.54, 1.807) is 0 Å². The molecule has 4 rings (SSSR count). The van der Waals surface area contributed by atoms with Crippen molar-refractivity contribution >= 4 is 5.78 Å². The zero-order chi connectivity index (χ0) is 12.3. The van der Waals surface area contributed by atoms with E-state index in [2.05, 4.69) is 24.1 Å². The molecule has 2 heterocycles. The van der Waals surface area contributed by atoms with Crippen LogP contribution in [-0.4, -0.2) is 29.8 Å². The highest BCUT2D eigenvalue weighted by atomic mass is 16.1. The lowest BCUT2D eigenvalue weighted by Crippen LogP contribution is -2.51. The molecule has 0 radical (unpaired) electrons. The third-order valence-electron chi connectivity index (χ3n) is 5.46. The van der Waals surface area contributed by atoms with Crippen LogP contribution in [-0.2, 0) is 6.42 Å². The van der Waals surface area contributed by atoms with Crippen LogP contribution in [0.2, 0.25) is 0 Å². The minimum atomic E-state index is 0.267. The van der Waals surface area contributed by atoms with Crippen LogP contribution in [0.25, 0.3) is 0 Å². The zero-order valence-corrected chi connectivity index (χ0v) is 10.8. The third-order valence-corrected chi connectivity index (χ3v) is 5.46. The van der Waals surface area contributed by atoms with Gasteiger partial charge in [-0.25, -0.2) is 0 Å². The second-order valence-corrected chi connectivity index (χ2v) is 6.21. The van der Waals surface area contributed by atoms with Gasteiger partial charge in [0, 0.05) is 23.6 Å². The van der Waals surface area contributed by atoms with E-state index in [1.807, 2.05) is 12.1 Å². The molecule has 94 valence electrons. The number of fused-ring (bicyclic) bond motifs is 5. The molecule has 2 fully saturated rings. The Kier molecular flexibility index (Phi) is 2.19. The van der Waals surface area contributed by atoms with Gasteiger partial charge in [-0.1, -0.05) is 24.3 Å². The van der Waals surface area contributed by atoms with Crippen molar-refractivity contribution in [1.82, 2.24) is 4.90 Å². The van der Waals surface area contributed by atoms with Crippen molar-refractivity contribution in [2.45, 2.75) is 37.8 Å². The van der Waals surface area contributed by atoms with Crippen LogP contribution in [0, 0.1) is 11.8 Å². The van der Waals surface area contributed by atoms with E-state index in [1.165, 1.54) is 24.8 Å². The number of hydrogen-bond donors (Lipinski definition) is 0. The molecule has 2 nitrogen and oxygen atoms in total. The Morgan fingerprint density at radius 2 is 2.06 bits per heavy atom. The SMILES string of the molecule is CN1[C@H]2CC[C@@H]1[C@@H]1C(=O)c3ccccc3C[C@@H]1C2. The first-order chi connectivity index (χ1) is 8.75. The Hall–Kier alpha value is -1.15. The lowest BCUT2D eigenvalue weighted by atomic mass is 9.68. The highest BCUT2D eigenvalue weighted by Crippen LogP contribution is 2.46. The normalized spacial score (nSPS) is 38.4. The number of nitrogens with zero attached hydrogens (tertiary/aromatic N) is 1. The summed E-state index contributed by atoms with van der Waals surface area (Å²) >= 11 is 0. The van der Waals surface area contributed by atoms with Crippen LogP contribution in [0.4, 0.5) is 0 Å². The van der Waals surface area contributed by atoms with Crippen molar-refractivity contribution < 1.29 is 4.79 Å². The number of benzene rings is 1. The van der Waals surface area contributed by atoms with Crippen molar-refractivity contribution in [2.24, 2.45) is 11.8 Å². The molecule has 1 aliphatic carbocycles. The molecule has 2 aliphatic heterocycles. The summed E-state index contributed by atoms with van der Waals surface area (Å²) in [6.07, 6.45) is 4.85. The van der Waals surface area contributed by atoms with Crippen LogP contribution in [0.3, 0.4) is 0 Å². The van der Waals surface area contributed by atoms with Crippen molar-refractivity contribution in [2.75, 3.05) is 7.05 Å². The monoisotopic (exact) mass is 241 g/mol. The summed E-state index contributed by atoms with van der Waals surface area (Å²) in [5.74, 6) is 1.28. The molecule has 4 atom stereocenters. The summed E-state index contributed by atoms with van der Waals surface area (Å²) in [6, 6.07) is 9.47. The summed E-state index contributed by atoms with van der Waals surface area (Å²) in [4.78, 5) is 15.2. The van der Waals surface area contributed by atoms with E-state index in [-0.39, 0.29) is 5.92 Å². The number of carbonyl (C=O) groups is 1. The molecule has 0 N–H and O–H groups in total. The van der Waals surface area contributed by atoms with E-state index >= 15 is 0 Å². The number of hydrogen-bond acceptors (Lipinski definition) is 2. The number of carbonyl (C=O) groups excluding carboxylic acids is 1. The van der Waals surface area contributed by atoms with Gasteiger partial charge in [0.05, 0.1) is 0 Å². The minimum Gasteiger partial charge on any atom is -0.300 e. The lowest BCUT2D eigenvalue weighted by Gasteiger charge is -2.44. The minimum absolute atomic E-state index is 0.267. The Balaban J connectivity index is 1.79. The standard InChI is InChI=1S/C16H19NO/c1-17-12-6-7-14(17)15-11(9-12)8-10-4-2-3-5-13(10)16(15)18/h2-5,11-12,14-15H,6-9H2,1H3/t11-,12+,14-,15-/m1/s1. The molecule has 2 bridgehead atoms. The molecule has 0 aromatic heterocycles. The van der Waals surface area contributed by atoms with Crippen molar-refractivity contribution in [3.8, 4) is 0 Å². The molecule has 1 aromatic carbocycles. The third kappa shape index (κ3) is 1.30. The van der Waals surface area contributed by atoms with Crippen LogP contribution in [0.5, 0.6) is 0 Å². The van der Waals surface area contributed by atoms with Gasteiger partial charge in [-0.2, -0.15) is 0 Å². The van der Waals surface area contributed by atoms with E-state index in [9.17, 15) is 4.79 Å². The van der Waals surface area contributed by atoms with E-state index in [0.29, 0.717) is 17.7 Å². The van der Waals surface area contributed by atoms with Crippen molar-refractivity contribution in [3.05, 3.63) is 35.4 Å². The maximum absolute atomic E-state index is 12.8. The molecule has 18 heavy (non-hydrogen) atoms. The fourth-order valence-electron chi connectivity index (χ4n) is 4.57. The molecule has 2 saturated heterocycles. The van der Waals surface area contributed by atoms with Crippen LogP contribution < -0.4 is 0 Å². The van der Waals surface area contributed by atoms with Gasteiger partial charge in [0.15, 0.2) is 5.78 Å². The summed E-state index contributed by atoms with van der Waals surface area (Å²) in [7, 11) is 2.21. The van der Waals surface area contributed by atoms with Gasteiger partial charge in [0.1, 0.15) is 0 Å². The van der Waals surface area contributed by atoms with Crippen LogP contribution in [0.15, 0.2) is 24.3 Å². The highest BCUT2D eigenvalue weighted by Gasteiger charge is 2.50. The van der Waals surface area contributed by atoms with Gasteiger partial charge in [0.25, 0.3) is 0 Å². The Labute approximate surface area is 108 Å². The zero-order valence-electron chi connectivity index (χ0n) is 10.8. The van der Waals surface area contributed by atoms with Crippen molar-refractivity contribution in [1.29, 1.82) is 0 Å². The van der Waals surface area contributed by atoms with Gasteiger partial charge in [-0.3, -0.25) is 9.69 Å². The molecule has 2 heteroatoms. The van der Waals surface area contributed by atoms with Crippen molar-refractivity contribution in [3.63, 3.8) is 0 Å². The second-order valence-electron chi connectivity index (χ2n) is 6.21. The number of ketones is 1. The van der Waals surface area contributed by atoms with E-state index < -0.39 is 0 Å². The molecule has 0 saturated carbocycles. The first-order valence-electron chi connectivity index (χ1n) is 7.10. The Morgan fingerprint density at radius 1 is 1.22 bits per heavy atom. The fourth-order valence-corrected chi connectivity index (χ4v) is 4.57. The molecular weight excluding hydrogens is 222 g/mol. The van der Waals surface area contributed by atoms with E-state index in [4.69, 9.17) is 0 Å². The summed E-state index contributed by atoms with van der Waals surface area (Å²) in [6.45, 7) is 0. The quantitative estimate of drug-likeness (QED) is 0.695. The summed E-state index contributed by atoms with van der Waals surface area (Å²) < 4.78 is 0. The van der Waals surface area contributed by atoms with Gasteiger partial charge < -0.3 is 0 Å². The fraction of sp³-hybridized carbons (Fsp3) is 0.562. The predicted octanol–water partition coefficient (Wildman–Crippen LogP) is 2.52. The summed E-state index contributed by atoms with van der Waals surface area (Å²) in [5, 5.41) is 0. The number of rotatable bonds is 0. The Bertz CT molecular complexity index is 510.